The van der Waals surface area contributed by atoms with Crippen LogP contribution < -0.4 is 5.32 Å². The third-order valence-electron chi connectivity index (χ3n) is 5.06. The quantitative estimate of drug-likeness (QED) is 0.710. The van der Waals surface area contributed by atoms with Crippen molar-refractivity contribution in [3.05, 3.63) is 0 Å². The average molecular weight is 299 g/mol. The van der Waals surface area contributed by atoms with Gasteiger partial charge in [-0.1, -0.05) is 6.92 Å². The maximum atomic E-state index is 5.99. The molecule has 2 unspecified atom stereocenters. The Bertz CT molecular complexity index is 273. The van der Waals surface area contributed by atoms with Crippen LogP contribution in [-0.4, -0.2) is 51.2 Å². The smallest absolute Gasteiger partial charge is 0.0874 e. The van der Waals surface area contributed by atoms with Crippen molar-refractivity contribution >= 4 is 0 Å². The van der Waals surface area contributed by atoms with Crippen molar-refractivity contribution in [1.29, 1.82) is 0 Å². The first-order valence-electron chi connectivity index (χ1n) is 8.78. The minimum absolute atomic E-state index is 0.0377. The van der Waals surface area contributed by atoms with E-state index >= 15 is 0 Å². The molecule has 2 saturated heterocycles. The van der Waals surface area contributed by atoms with Crippen LogP contribution in [0, 0.1) is 0 Å². The maximum absolute atomic E-state index is 5.99. The molecule has 0 amide bonds. The van der Waals surface area contributed by atoms with Gasteiger partial charge in [-0.15, -0.1) is 0 Å². The van der Waals surface area contributed by atoms with E-state index in [1.165, 1.54) is 38.5 Å². The largest absolute Gasteiger partial charge is 0.381 e. The lowest BCUT2D eigenvalue weighted by Gasteiger charge is -2.43. The molecule has 4 nitrogen and oxygen atoms in total. The molecule has 2 fully saturated rings. The molecule has 2 aliphatic rings. The molecule has 0 radical (unpaired) electrons. The van der Waals surface area contributed by atoms with E-state index in [-0.39, 0.29) is 5.60 Å². The Morgan fingerprint density at radius 2 is 2.10 bits per heavy atom. The first-order valence-corrected chi connectivity index (χ1v) is 8.78. The Kier molecular flexibility index (Phi) is 7.44. The van der Waals surface area contributed by atoms with Gasteiger partial charge in [0.05, 0.1) is 11.7 Å². The zero-order valence-electron chi connectivity index (χ0n) is 13.9. The van der Waals surface area contributed by atoms with Crippen LogP contribution in [0.3, 0.4) is 0 Å². The fourth-order valence-electron chi connectivity index (χ4n) is 3.70. The first-order chi connectivity index (χ1) is 10.3. The molecule has 2 atom stereocenters. The predicted molar refractivity (Wildman–Crippen MR) is 84.7 cm³/mol. The number of methoxy groups -OCH3 is 1. The highest BCUT2D eigenvalue weighted by molar-refractivity contribution is 4.95. The number of ether oxygens (including phenoxy) is 3. The number of nitrogens with one attached hydrogen (secondary N) is 1. The average Bonchev–Trinajstić information content (AvgIpc) is 3.04. The van der Waals surface area contributed by atoms with Crippen LogP contribution in [0.15, 0.2) is 0 Å². The minimum Gasteiger partial charge on any atom is -0.381 e. The fraction of sp³-hybridized carbons (Fsp3) is 1.00. The summed E-state index contributed by atoms with van der Waals surface area (Å²) < 4.78 is 17.3. The van der Waals surface area contributed by atoms with Gasteiger partial charge in [0.2, 0.25) is 0 Å². The van der Waals surface area contributed by atoms with Gasteiger partial charge < -0.3 is 19.5 Å². The second-order valence-electron chi connectivity index (χ2n) is 6.45. The molecule has 0 aromatic carbocycles. The SMILES string of the molecule is CCCNC(CCCC1CCCO1)C1(OC)CCOCC1. The monoisotopic (exact) mass is 299 g/mol. The second kappa shape index (κ2) is 9.09. The van der Waals surface area contributed by atoms with E-state index in [2.05, 4.69) is 12.2 Å². The third-order valence-corrected chi connectivity index (χ3v) is 5.06. The summed E-state index contributed by atoms with van der Waals surface area (Å²) in [4.78, 5) is 0. The molecule has 0 saturated carbocycles. The summed E-state index contributed by atoms with van der Waals surface area (Å²) in [7, 11) is 1.87. The molecule has 21 heavy (non-hydrogen) atoms. The number of hydrogen-bond donors (Lipinski definition) is 1. The van der Waals surface area contributed by atoms with E-state index in [0.29, 0.717) is 12.1 Å². The summed E-state index contributed by atoms with van der Waals surface area (Å²) >= 11 is 0. The van der Waals surface area contributed by atoms with Crippen LogP contribution in [0.25, 0.3) is 0 Å². The van der Waals surface area contributed by atoms with Crippen molar-refractivity contribution in [1.82, 2.24) is 5.32 Å². The van der Waals surface area contributed by atoms with E-state index in [9.17, 15) is 0 Å². The Balaban J connectivity index is 1.85. The van der Waals surface area contributed by atoms with Gasteiger partial charge in [-0.3, -0.25) is 0 Å². The van der Waals surface area contributed by atoms with Gasteiger partial charge in [0, 0.05) is 45.8 Å². The Hall–Kier alpha value is -0.160. The summed E-state index contributed by atoms with van der Waals surface area (Å²) in [5, 5.41) is 3.73. The van der Waals surface area contributed by atoms with Crippen molar-refractivity contribution in [3.63, 3.8) is 0 Å². The summed E-state index contributed by atoms with van der Waals surface area (Å²) in [6, 6.07) is 0.438. The highest BCUT2D eigenvalue weighted by atomic mass is 16.5. The Morgan fingerprint density at radius 3 is 2.71 bits per heavy atom. The minimum atomic E-state index is -0.0377. The zero-order valence-corrected chi connectivity index (χ0v) is 13.9. The Morgan fingerprint density at radius 1 is 1.29 bits per heavy atom. The van der Waals surface area contributed by atoms with Crippen molar-refractivity contribution in [2.45, 2.75) is 76.0 Å². The van der Waals surface area contributed by atoms with Crippen LogP contribution in [0.1, 0.15) is 58.3 Å². The lowest BCUT2D eigenvalue weighted by molar-refractivity contribution is -0.112. The van der Waals surface area contributed by atoms with Gasteiger partial charge in [-0.2, -0.15) is 0 Å². The highest BCUT2D eigenvalue weighted by Gasteiger charge is 2.40. The predicted octanol–water partition coefficient (Wildman–Crippen LogP) is 2.90. The molecule has 124 valence electrons. The van der Waals surface area contributed by atoms with Crippen molar-refractivity contribution in [2.75, 3.05) is 33.5 Å². The normalized spacial score (nSPS) is 26.9. The van der Waals surface area contributed by atoms with E-state index in [1.54, 1.807) is 0 Å². The molecule has 0 aromatic heterocycles. The van der Waals surface area contributed by atoms with Gasteiger partial charge in [0.15, 0.2) is 0 Å². The number of rotatable bonds is 9. The van der Waals surface area contributed by atoms with Crippen molar-refractivity contribution < 1.29 is 14.2 Å². The molecule has 0 spiro atoms. The molecule has 4 heteroatoms. The van der Waals surface area contributed by atoms with Gasteiger partial charge in [0.1, 0.15) is 0 Å². The summed E-state index contributed by atoms with van der Waals surface area (Å²) in [5.41, 5.74) is -0.0377. The first kappa shape index (κ1) is 17.2. The molecular formula is C17H33NO3. The fourth-order valence-corrected chi connectivity index (χ4v) is 3.70. The third kappa shape index (κ3) is 4.92. The van der Waals surface area contributed by atoms with Gasteiger partial charge in [-0.25, -0.2) is 0 Å². The van der Waals surface area contributed by atoms with Crippen molar-refractivity contribution in [3.8, 4) is 0 Å². The molecule has 0 aliphatic carbocycles. The molecule has 1 N–H and O–H groups in total. The highest BCUT2D eigenvalue weighted by Crippen LogP contribution is 2.31. The van der Waals surface area contributed by atoms with Crippen LogP contribution in [0.2, 0.25) is 0 Å². The van der Waals surface area contributed by atoms with Crippen molar-refractivity contribution in [2.24, 2.45) is 0 Å². The number of hydrogen-bond acceptors (Lipinski definition) is 4. The lowest BCUT2D eigenvalue weighted by atomic mass is 9.83. The molecular weight excluding hydrogens is 266 g/mol. The second-order valence-corrected chi connectivity index (χ2v) is 6.45. The van der Waals surface area contributed by atoms with E-state index in [0.717, 1.165) is 39.2 Å². The maximum Gasteiger partial charge on any atom is 0.0874 e. The van der Waals surface area contributed by atoms with Crippen LogP contribution in [0.5, 0.6) is 0 Å². The molecule has 2 heterocycles. The standard InChI is InChI=1S/C17H33NO3/c1-3-11-18-16(8-4-6-15-7-5-12-21-15)17(19-2)9-13-20-14-10-17/h15-16,18H,3-14H2,1-2H3. The van der Waals surface area contributed by atoms with E-state index in [4.69, 9.17) is 14.2 Å². The molecule has 0 aromatic rings. The zero-order chi connectivity index (χ0) is 15.0. The van der Waals surface area contributed by atoms with E-state index in [1.807, 2.05) is 7.11 Å². The van der Waals surface area contributed by atoms with Gasteiger partial charge in [0.25, 0.3) is 0 Å². The van der Waals surface area contributed by atoms with Crippen LogP contribution >= 0.6 is 0 Å². The summed E-state index contributed by atoms with van der Waals surface area (Å²) in [6.07, 6.45) is 9.75. The van der Waals surface area contributed by atoms with Crippen LogP contribution in [0.4, 0.5) is 0 Å². The lowest BCUT2D eigenvalue weighted by Crippen LogP contribution is -2.55. The topological polar surface area (TPSA) is 39.7 Å². The Labute approximate surface area is 129 Å². The van der Waals surface area contributed by atoms with Gasteiger partial charge in [-0.05, 0) is 45.1 Å². The summed E-state index contributed by atoms with van der Waals surface area (Å²) in [5.74, 6) is 0. The van der Waals surface area contributed by atoms with Gasteiger partial charge >= 0.3 is 0 Å². The molecule has 2 rings (SSSR count). The van der Waals surface area contributed by atoms with E-state index < -0.39 is 0 Å². The molecule has 2 aliphatic heterocycles. The van der Waals surface area contributed by atoms with Crippen LogP contribution in [-0.2, 0) is 14.2 Å². The molecule has 0 bridgehead atoms. The summed E-state index contributed by atoms with van der Waals surface area (Å²) in [6.45, 7) is 5.89.